The lowest BCUT2D eigenvalue weighted by atomic mass is 10.1. The lowest BCUT2D eigenvalue weighted by Gasteiger charge is -2.19. The number of anilines is 2. The van der Waals surface area contributed by atoms with Crippen LogP contribution in [0.15, 0.2) is 57.7 Å². The van der Waals surface area contributed by atoms with Crippen molar-refractivity contribution >= 4 is 28.3 Å². The molecule has 144 valence electrons. The molecule has 2 aromatic carbocycles. The summed E-state index contributed by atoms with van der Waals surface area (Å²) in [6.45, 7) is 0. The molecule has 0 bridgehead atoms. The number of ether oxygens (including phenoxy) is 1. The highest BCUT2D eigenvalue weighted by Gasteiger charge is 2.23. The average molecular weight is 378 g/mol. The van der Waals surface area contributed by atoms with E-state index in [0.717, 1.165) is 31.1 Å². The van der Waals surface area contributed by atoms with Crippen molar-refractivity contribution in [1.82, 2.24) is 0 Å². The van der Waals surface area contributed by atoms with Crippen LogP contribution in [-0.4, -0.2) is 19.1 Å². The standard InChI is InChI=1S/C22H22N2O4/c1-27-17-12-6-5-11-16(17)21(25)24-20-19(23-14-8-2-3-9-14)15-10-4-7-13-18(15)28-22(20)26/h4-7,10-14,23H,2-3,8-9H2,1H3,(H,24,25). The predicted octanol–water partition coefficient (Wildman–Crippen LogP) is 4.41. The molecule has 0 aliphatic heterocycles. The van der Waals surface area contributed by atoms with E-state index in [1.165, 1.54) is 7.11 Å². The maximum Gasteiger partial charge on any atom is 0.362 e. The summed E-state index contributed by atoms with van der Waals surface area (Å²) >= 11 is 0. The summed E-state index contributed by atoms with van der Waals surface area (Å²) in [4.78, 5) is 25.6. The van der Waals surface area contributed by atoms with Gasteiger partial charge in [-0.15, -0.1) is 0 Å². The number of hydrogen-bond donors (Lipinski definition) is 2. The fourth-order valence-corrected chi connectivity index (χ4v) is 3.70. The molecule has 0 unspecified atom stereocenters. The van der Waals surface area contributed by atoms with Crippen LogP contribution >= 0.6 is 0 Å². The summed E-state index contributed by atoms with van der Waals surface area (Å²) in [7, 11) is 1.50. The first-order valence-corrected chi connectivity index (χ1v) is 9.44. The Kier molecular flexibility index (Phi) is 5.02. The zero-order chi connectivity index (χ0) is 19.5. The van der Waals surface area contributed by atoms with Crippen molar-refractivity contribution in [3.05, 3.63) is 64.5 Å². The lowest BCUT2D eigenvalue weighted by molar-refractivity contribution is 0.102. The monoisotopic (exact) mass is 378 g/mol. The number of methoxy groups -OCH3 is 1. The Balaban J connectivity index is 1.78. The first kappa shape index (κ1) is 18.1. The number of fused-ring (bicyclic) bond motifs is 1. The number of rotatable bonds is 5. The molecule has 0 radical (unpaired) electrons. The lowest BCUT2D eigenvalue weighted by Crippen LogP contribution is -2.23. The number of hydrogen-bond acceptors (Lipinski definition) is 5. The van der Waals surface area contributed by atoms with Gasteiger partial charge in [0.25, 0.3) is 5.91 Å². The van der Waals surface area contributed by atoms with Gasteiger partial charge in [-0.25, -0.2) is 4.79 Å². The van der Waals surface area contributed by atoms with Gasteiger partial charge in [0.1, 0.15) is 11.3 Å². The second-order valence-corrected chi connectivity index (χ2v) is 6.92. The van der Waals surface area contributed by atoms with Crippen LogP contribution < -0.4 is 21.0 Å². The van der Waals surface area contributed by atoms with Crippen LogP contribution in [0.2, 0.25) is 0 Å². The highest BCUT2D eigenvalue weighted by atomic mass is 16.5. The average Bonchev–Trinajstić information content (AvgIpc) is 3.23. The van der Waals surface area contributed by atoms with Gasteiger partial charge in [-0.3, -0.25) is 4.79 Å². The fraction of sp³-hybridized carbons (Fsp3) is 0.273. The molecule has 6 heteroatoms. The molecule has 1 aromatic heterocycles. The second kappa shape index (κ2) is 7.76. The first-order valence-electron chi connectivity index (χ1n) is 9.44. The van der Waals surface area contributed by atoms with Gasteiger partial charge in [0, 0.05) is 11.4 Å². The Morgan fingerprint density at radius 3 is 2.54 bits per heavy atom. The van der Waals surface area contributed by atoms with Crippen molar-refractivity contribution in [1.29, 1.82) is 0 Å². The Labute approximate surface area is 162 Å². The molecule has 0 saturated heterocycles. The molecule has 1 amide bonds. The Morgan fingerprint density at radius 2 is 1.75 bits per heavy atom. The minimum absolute atomic E-state index is 0.126. The molecular formula is C22H22N2O4. The number of nitrogens with one attached hydrogen (secondary N) is 2. The number of carbonyl (C=O) groups is 1. The van der Waals surface area contributed by atoms with Crippen molar-refractivity contribution in [2.24, 2.45) is 0 Å². The van der Waals surface area contributed by atoms with Gasteiger partial charge in [0.2, 0.25) is 0 Å². The summed E-state index contributed by atoms with van der Waals surface area (Å²) in [5.41, 5.74) is 0.999. The number of para-hydroxylation sites is 2. The molecule has 3 aromatic rings. The maximum atomic E-state index is 12.9. The molecule has 1 aliphatic carbocycles. The van der Waals surface area contributed by atoms with E-state index in [2.05, 4.69) is 10.6 Å². The van der Waals surface area contributed by atoms with E-state index in [9.17, 15) is 9.59 Å². The fourth-order valence-electron chi connectivity index (χ4n) is 3.70. The second-order valence-electron chi connectivity index (χ2n) is 6.92. The zero-order valence-corrected chi connectivity index (χ0v) is 15.7. The van der Waals surface area contributed by atoms with Crippen LogP contribution in [-0.2, 0) is 0 Å². The highest BCUT2D eigenvalue weighted by Crippen LogP contribution is 2.32. The van der Waals surface area contributed by atoms with Gasteiger partial charge in [-0.2, -0.15) is 0 Å². The first-order chi connectivity index (χ1) is 13.7. The molecule has 0 atom stereocenters. The van der Waals surface area contributed by atoms with Crippen LogP contribution in [0.4, 0.5) is 11.4 Å². The smallest absolute Gasteiger partial charge is 0.362 e. The Hall–Kier alpha value is -3.28. The van der Waals surface area contributed by atoms with Crippen molar-refractivity contribution in [2.45, 2.75) is 31.7 Å². The molecule has 2 N–H and O–H groups in total. The van der Waals surface area contributed by atoms with E-state index in [0.29, 0.717) is 22.6 Å². The highest BCUT2D eigenvalue weighted by molar-refractivity contribution is 6.09. The molecule has 4 rings (SSSR count). The van der Waals surface area contributed by atoms with Gasteiger partial charge >= 0.3 is 5.63 Å². The predicted molar refractivity (Wildman–Crippen MR) is 109 cm³/mol. The minimum Gasteiger partial charge on any atom is -0.496 e. The summed E-state index contributed by atoms with van der Waals surface area (Å²) in [6.07, 6.45) is 4.38. The van der Waals surface area contributed by atoms with Crippen molar-refractivity contribution in [3.8, 4) is 5.75 Å². The molecular weight excluding hydrogens is 356 g/mol. The summed E-state index contributed by atoms with van der Waals surface area (Å²) in [5.74, 6) is 0.0185. The van der Waals surface area contributed by atoms with Crippen LogP contribution in [0, 0.1) is 0 Å². The van der Waals surface area contributed by atoms with Gasteiger partial charge in [-0.05, 0) is 37.1 Å². The number of carbonyl (C=O) groups excluding carboxylic acids is 1. The quantitative estimate of drug-likeness (QED) is 0.643. The van der Waals surface area contributed by atoms with E-state index in [1.54, 1.807) is 30.3 Å². The van der Waals surface area contributed by atoms with Crippen LogP contribution in [0.3, 0.4) is 0 Å². The normalized spacial score (nSPS) is 14.2. The van der Waals surface area contributed by atoms with Crippen LogP contribution in [0.5, 0.6) is 5.75 Å². The summed E-state index contributed by atoms with van der Waals surface area (Å²) in [5, 5.41) is 6.99. The van der Waals surface area contributed by atoms with E-state index in [4.69, 9.17) is 9.15 Å². The molecule has 1 heterocycles. The minimum atomic E-state index is -0.581. The number of amides is 1. The SMILES string of the molecule is COc1ccccc1C(=O)Nc1c(NC2CCCC2)c2ccccc2oc1=O. The molecule has 0 spiro atoms. The zero-order valence-electron chi connectivity index (χ0n) is 15.7. The summed E-state index contributed by atoms with van der Waals surface area (Å²) < 4.78 is 10.7. The van der Waals surface area contributed by atoms with Gasteiger partial charge in [0.05, 0.1) is 18.4 Å². The Morgan fingerprint density at radius 1 is 1.04 bits per heavy atom. The van der Waals surface area contributed by atoms with Gasteiger partial charge in [0.15, 0.2) is 5.69 Å². The van der Waals surface area contributed by atoms with E-state index < -0.39 is 11.5 Å². The maximum absolute atomic E-state index is 12.9. The van der Waals surface area contributed by atoms with E-state index >= 15 is 0 Å². The third kappa shape index (κ3) is 3.45. The third-order valence-electron chi connectivity index (χ3n) is 5.11. The van der Waals surface area contributed by atoms with Crippen molar-refractivity contribution in [2.75, 3.05) is 17.7 Å². The molecule has 1 fully saturated rings. The Bertz CT molecular complexity index is 1070. The van der Waals surface area contributed by atoms with Gasteiger partial charge in [-0.1, -0.05) is 37.1 Å². The van der Waals surface area contributed by atoms with Crippen molar-refractivity contribution in [3.63, 3.8) is 0 Å². The largest absolute Gasteiger partial charge is 0.496 e. The van der Waals surface area contributed by atoms with Crippen LogP contribution in [0.25, 0.3) is 11.0 Å². The third-order valence-corrected chi connectivity index (χ3v) is 5.11. The topological polar surface area (TPSA) is 80.6 Å². The van der Waals surface area contributed by atoms with E-state index in [1.807, 2.05) is 18.2 Å². The van der Waals surface area contributed by atoms with E-state index in [-0.39, 0.29) is 11.7 Å². The summed E-state index contributed by atoms with van der Waals surface area (Å²) in [6, 6.07) is 14.5. The number of benzene rings is 2. The molecule has 1 saturated carbocycles. The van der Waals surface area contributed by atoms with Crippen molar-refractivity contribution < 1.29 is 13.9 Å². The van der Waals surface area contributed by atoms with Crippen LogP contribution in [0.1, 0.15) is 36.0 Å². The van der Waals surface area contributed by atoms with Gasteiger partial charge < -0.3 is 19.8 Å². The molecule has 28 heavy (non-hydrogen) atoms. The molecule has 6 nitrogen and oxygen atoms in total. The molecule has 1 aliphatic rings.